The average molecular weight is 193 g/mol. The van der Waals surface area contributed by atoms with Crippen molar-refractivity contribution in [3.63, 3.8) is 0 Å². The van der Waals surface area contributed by atoms with Gasteiger partial charge in [0.15, 0.2) is 0 Å². The van der Waals surface area contributed by atoms with Crippen LogP contribution in [0.15, 0.2) is 0 Å². The molecule has 1 rings (SSSR count). The van der Waals surface area contributed by atoms with Gasteiger partial charge in [-0.25, -0.2) is 9.97 Å². The Bertz CT molecular complexity index is 319. The van der Waals surface area contributed by atoms with Crippen LogP contribution < -0.4 is 4.90 Å². The number of hydrogen-bond donors (Lipinski definition) is 0. The molecule has 1 aromatic rings. The van der Waals surface area contributed by atoms with Crippen LogP contribution in [0.1, 0.15) is 30.4 Å². The van der Waals surface area contributed by atoms with Crippen molar-refractivity contribution in [3.8, 4) is 0 Å². The first-order chi connectivity index (χ1) is 6.56. The van der Waals surface area contributed by atoms with Crippen LogP contribution in [0.2, 0.25) is 0 Å². The van der Waals surface area contributed by atoms with Crippen molar-refractivity contribution < 1.29 is 0 Å². The van der Waals surface area contributed by atoms with Crippen LogP contribution in [-0.4, -0.2) is 24.1 Å². The lowest BCUT2D eigenvalue weighted by Gasteiger charge is -2.16. The van der Waals surface area contributed by atoms with Gasteiger partial charge in [0.25, 0.3) is 0 Å². The van der Waals surface area contributed by atoms with Gasteiger partial charge < -0.3 is 4.90 Å². The van der Waals surface area contributed by atoms with E-state index >= 15 is 0 Å². The molecule has 0 aromatic carbocycles. The zero-order chi connectivity index (χ0) is 10.7. The van der Waals surface area contributed by atoms with Gasteiger partial charge in [0, 0.05) is 31.8 Å². The first-order valence-corrected chi connectivity index (χ1v) is 5.07. The normalized spacial score (nSPS) is 10.4. The van der Waals surface area contributed by atoms with Gasteiger partial charge in [-0.2, -0.15) is 0 Å². The fourth-order valence-corrected chi connectivity index (χ4v) is 1.44. The molecule has 0 bridgehead atoms. The number of aryl methyl sites for hydroxylation is 2. The van der Waals surface area contributed by atoms with E-state index in [1.54, 1.807) is 0 Å². The first kappa shape index (κ1) is 11.0. The topological polar surface area (TPSA) is 29.0 Å². The number of rotatable bonds is 3. The van der Waals surface area contributed by atoms with E-state index in [4.69, 9.17) is 0 Å². The Balaban J connectivity index is 3.14. The highest BCUT2D eigenvalue weighted by molar-refractivity contribution is 5.46. The van der Waals surface area contributed by atoms with E-state index < -0.39 is 0 Å². The standard InChI is InChI=1S/C11H19N3/c1-6-7-10-12-9(3)8(2)11(13-10)14(4)5/h6-7H2,1-5H3. The maximum Gasteiger partial charge on any atom is 0.134 e. The third kappa shape index (κ3) is 2.22. The second kappa shape index (κ2) is 4.40. The lowest BCUT2D eigenvalue weighted by atomic mass is 10.2. The zero-order valence-electron chi connectivity index (χ0n) is 9.76. The molecule has 0 spiro atoms. The lowest BCUT2D eigenvalue weighted by molar-refractivity contribution is 0.812. The summed E-state index contributed by atoms with van der Waals surface area (Å²) in [6.45, 7) is 6.26. The van der Waals surface area contributed by atoms with E-state index in [0.29, 0.717) is 0 Å². The number of anilines is 1. The van der Waals surface area contributed by atoms with Gasteiger partial charge in [-0.3, -0.25) is 0 Å². The van der Waals surface area contributed by atoms with E-state index in [9.17, 15) is 0 Å². The van der Waals surface area contributed by atoms with E-state index in [1.165, 1.54) is 5.56 Å². The predicted molar refractivity (Wildman–Crippen MR) is 59.8 cm³/mol. The van der Waals surface area contributed by atoms with E-state index in [2.05, 4.69) is 23.8 Å². The molecule has 3 nitrogen and oxygen atoms in total. The minimum Gasteiger partial charge on any atom is -0.362 e. The van der Waals surface area contributed by atoms with Gasteiger partial charge in [-0.15, -0.1) is 0 Å². The third-order valence-corrected chi connectivity index (χ3v) is 2.31. The first-order valence-electron chi connectivity index (χ1n) is 5.07. The molecule has 1 aromatic heterocycles. The molecule has 1 heterocycles. The summed E-state index contributed by atoms with van der Waals surface area (Å²) in [5, 5.41) is 0. The molecule has 0 amide bonds. The van der Waals surface area contributed by atoms with E-state index in [0.717, 1.165) is 30.2 Å². The maximum atomic E-state index is 4.54. The fraction of sp³-hybridized carbons (Fsp3) is 0.636. The third-order valence-electron chi connectivity index (χ3n) is 2.31. The highest BCUT2D eigenvalue weighted by Gasteiger charge is 2.08. The van der Waals surface area contributed by atoms with Crippen LogP contribution in [0.4, 0.5) is 5.82 Å². The van der Waals surface area contributed by atoms with Crippen LogP contribution in [-0.2, 0) is 6.42 Å². The van der Waals surface area contributed by atoms with Crippen molar-refractivity contribution in [1.82, 2.24) is 9.97 Å². The van der Waals surface area contributed by atoms with Crippen LogP contribution in [0.5, 0.6) is 0 Å². The summed E-state index contributed by atoms with van der Waals surface area (Å²) in [6.07, 6.45) is 2.05. The Labute approximate surface area is 86.2 Å². The molecule has 0 saturated carbocycles. The van der Waals surface area contributed by atoms with Gasteiger partial charge in [-0.05, 0) is 20.3 Å². The molecule has 0 aliphatic rings. The van der Waals surface area contributed by atoms with Crippen molar-refractivity contribution in [1.29, 1.82) is 0 Å². The number of hydrogen-bond acceptors (Lipinski definition) is 3. The van der Waals surface area contributed by atoms with Crippen LogP contribution >= 0.6 is 0 Å². The second-order valence-corrected chi connectivity index (χ2v) is 3.82. The molecular formula is C11H19N3. The Hall–Kier alpha value is -1.12. The summed E-state index contributed by atoms with van der Waals surface area (Å²) < 4.78 is 0. The fourth-order valence-electron chi connectivity index (χ4n) is 1.44. The second-order valence-electron chi connectivity index (χ2n) is 3.82. The van der Waals surface area contributed by atoms with Crippen molar-refractivity contribution in [2.24, 2.45) is 0 Å². The summed E-state index contributed by atoms with van der Waals surface area (Å²) in [5.41, 5.74) is 2.27. The molecule has 0 atom stereocenters. The van der Waals surface area contributed by atoms with E-state index in [-0.39, 0.29) is 0 Å². The summed E-state index contributed by atoms with van der Waals surface area (Å²) in [7, 11) is 4.04. The van der Waals surface area contributed by atoms with Crippen molar-refractivity contribution in [2.45, 2.75) is 33.6 Å². The summed E-state index contributed by atoms with van der Waals surface area (Å²) in [4.78, 5) is 11.0. The summed E-state index contributed by atoms with van der Waals surface area (Å²) in [5.74, 6) is 2.00. The van der Waals surface area contributed by atoms with Gasteiger partial charge in [-0.1, -0.05) is 6.92 Å². The van der Waals surface area contributed by atoms with Crippen molar-refractivity contribution in [2.75, 3.05) is 19.0 Å². The molecule has 0 aliphatic heterocycles. The Kier molecular flexibility index (Phi) is 3.44. The van der Waals surface area contributed by atoms with Crippen LogP contribution in [0, 0.1) is 13.8 Å². The van der Waals surface area contributed by atoms with E-state index in [1.807, 2.05) is 25.9 Å². The molecule has 0 radical (unpaired) electrons. The molecule has 0 aliphatic carbocycles. The zero-order valence-corrected chi connectivity index (χ0v) is 9.76. The molecular weight excluding hydrogens is 174 g/mol. The van der Waals surface area contributed by atoms with Gasteiger partial charge in [0.2, 0.25) is 0 Å². The Morgan fingerprint density at radius 1 is 1.14 bits per heavy atom. The molecule has 0 saturated heterocycles. The summed E-state index contributed by atoms with van der Waals surface area (Å²) >= 11 is 0. The molecule has 3 heteroatoms. The minimum atomic E-state index is 0.958. The molecule has 0 N–H and O–H groups in total. The molecule has 78 valence electrons. The highest BCUT2D eigenvalue weighted by atomic mass is 15.2. The quantitative estimate of drug-likeness (QED) is 0.736. The number of nitrogens with zero attached hydrogens (tertiary/aromatic N) is 3. The van der Waals surface area contributed by atoms with Crippen molar-refractivity contribution in [3.05, 3.63) is 17.1 Å². The largest absolute Gasteiger partial charge is 0.362 e. The number of aromatic nitrogens is 2. The Morgan fingerprint density at radius 3 is 2.29 bits per heavy atom. The predicted octanol–water partition coefficient (Wildman–Crippen LogP) is 2.11. The van der Waals surface area contributed by atoms with Crippen molar-refractivity contribution >= 4 is 5.82 Å². The molecule has 0 fully saturated rings. The van der Waals surface area contributed by atoms with Gasteiger partial charge in [0.05, 0.1) is 0 Å². The smallest absolute Gasteiger partial charge is 0.134 e. The monoisotopic (exact) mass is 193 g/mol. The maximum absolute atomic E-state index is 4.54. The van der Waals surface area contributed by atoms with Crippen LogP contribution in [0.25, 0.3) is 0 Å². The Morgan fingerprint density at radius 2 is 1.79 bits per heavy atom. The summed E-state index contributed by atoms with van der Waals surface area (Å²) in [6, 6.07) is 0. The minimum absolute atomic E-state index is 0.958. The molecule has 0 unspecified atom stereocenters. The SMILES string of the molecule is CCCc1nc(C)c(C)c(N(C)C)n1. The average Bonchev–Trinajstić information content (AvgIpc) is 2.11. The molecule has 14 heavy (non-hydrogen) atoms. The van der Waals surface area contributed by atoms with Gasteiger partial charge >= 0.3 is 0 Å². The lowest BCUT2D eigenvalue weighted by Crippen LogP contribution is -2.15. The van der Waals surface area contributed by atoms with Gasteiger partial charge in [0.1, 0.15) is 11.6 Å². The highest BCUT2D eigenvalue weighted by Crippen LogP contribution is 2.17. The van der Waals surface area contributed by atoms with Crippen LogP contribution in [0.3, 0.4) is 0 Å².